The van der Waals surface area contributed by atoms with Crippen LogP contribution in [0.4, 0.5) is 10.1 Å². The van der Waals surface area contributed by atoms with Crippen molar-refractivity contribution < 1.29 is 18.7 Å². The zero-order valence-electron chi connectivity index (χ0n) is 14.8. The number of amides is 2. The molecule has 1 N–H and O–H groups in total. The van der Waals surface area contributed by atoms with E-state index in [9.17, 15) is 14.0 Å². The number of carbonyl (C=O) groups is 2. The fourth-order valence-electron chi connectivity index (χ4n) is 2.91. The zero-order valence-corrected chi connectivity index (χ0v) is 14.8. The van der Waals surface area contributed by atoms with E-state index in [4.69, 9.17) is 4.74 Å². The van der Waals surface area contributed by atoms with Crippen LogP contribution >= 0.6 is 0 Å². The summed E-state index contributed by atoms with van der Waals surface area (Å²) in [5.74, 6) is -0.773. The van der Waals surface area contributed by atoms with Gasteiger partial charge in [0.2, 0.25) is 5.91 Å². The van der Waals surface area contributed by atoms with Crippen LogP contribution < -0.4 is 15.0 Å². The van der Waals surface area contributed by atoms with Gasteiger partial charge in [-0.1, -0.05) is 0 Å². The lowest BCUT2D eigenvalue weighted by Crippen LogP contribution is -2.45. The van der Waals surface area contributed by atoms with Crippen LogP contribution in [-0.2, 0) is 16.1 Å². The van der Waals surface area contributed by atoms with Crippen LogP contribution in [0.2, 0.25) is 0 Å². The molecule has 0 radical (unpaired) electrons. The SMILES string of the molecule is Cc1cc(C)n(CCCNC(=O)CN2C(=O)COc3ccc(F)cc32)n1. The van der Waals surface area contributed by atoms with E-state index in [2.05, 4.69) is 10.4 Å². The summed E-state index contributed by atoms with van der Waals surface area (Å²) < 4.78 is 20.6. The number of aromatic nitrogens is 2. The third-order valence-electron chi connectivity index (χ3n) is 4.14. The van der Waals surface area contributed by atoms with E-state index in [0.29, 0.717) is 18.8 Å². The molecule has 8 heteroatoms. The summed E-state index contributed by atoms with van der Waals surface area (Å²) in [6, 6.07) is 5.91. The van der Waals surface area contributed by atoms with E-state index in [1.807, 2.05) is 24.6 Å². The first kappa shape index (κ1) is 17.9. The van der Waals surface area contributed by atoms with E-state index in [1.165, 1.54) is 23.1 Å². The predicted octanol–water partition coefficient (Wildman–Crippen LogP) is 1.57. The Morgan fingerprint density at radius 3 is 2.88 bits per heavy atom. The van der Waals surface area contributed by atoms with Crippen molar-refractivity contribution in [1.29, 1.82) is 0 Å². The first-order valence-corrected chi connectivity index (χ1v) is 8.44. The van der Waals surface area contributed by atoms with Crippen molar-refractivity contribution in [1.82, 2.24) is 15.1 Å². The van der Waals surface area contributed by atoms with Crippen molar-refractivity contribution in [2.24, 2.45) is 0 Å². The quantitative estimate of drug-likeness (QED) is 0.794. The van der Waals surface area contributed by atoms with Gasteiger partial charge in [-0.15, -0.1) is 0 Å². The second kappa shape index (κ2) is 7.55. The normalized spacial score (nSPS) is 13.3. The Morgan fingerprint density at radius 2 is 2.15 bits per heavy atom. The second-order valence-corrected chi connectivity index (χ2v) is 6.23. The summed E-state index contributed by atoms with van der Waals surface area (Å²) in [4.78, 5) is 25.5. The van der Waals surface area contributed by atoms with Gasteiger partial charge in [-0.05, 0) is 38.5 Å². The first-order chi connectivity index (χ1) is 12.4. The van der Waals surface area contributed by atoms with E-state index >= 15 is 0 Å². The number of aryl methyl sites for hydroxylation is 3. The molecule has 2 aromatic rings. The molecule has 138 valence electrons. The maximum Gasteiger partial charge on any atom is 0.265 e. The molecule has 2 heterocycles. The number of nitrogens with one attached hydrogen (secondary N) is 1. The van der Waals surface area contributed by atoms with Gasteiger partial charge < -0.3 is 10.1 Å². The highest BCUT2D eigenvalue weighted by atomic mass is 19.1. The van der Waals surface area contributed by atoms with Gasteiger partial charge >= 0.3 is 0 Å². The van der Waals surface area contributed by atoms with E-state index in [1.54, 1.807) is 0 Å². The highest BCUT2D eigenvalue weighted by Crippen LogP contribution is 2.32. The van der Waals surface area contributed by atoms with Crippen LogP contribution in [0.3, 0.4) is 0 Å². The van der Waals surface area contributed by atoms with E-state index in [-0.39, 0.29) is 30.7 Å². The number of fused-ring (bicyclic) bond motifs is 1. The number of benzene rings is 1. The van der Waals surface area contributed by atoms with Gasteiger partial charge in [0, 0.05) is 24.8 Å². The number of nitrogens with zero attached hydrogens (tertiary/aromatic N) is 3. The Kier molecular flexibility index (Phi) is 5.20. The molecule has 3 rings (SSSR count). The minimum Gasteiger partial charge on any atom is -0.482 e. The topological polar surface area (TPSA) is 76.5 Å². The van der Waals surface area contributed by atoms with Gasteiger partial charge in [0.1, 0.15) is 18.1 Å². The molecule has 1 aromatic heterocycles. The summed E-state index contributed by atoms with van der Waals surface area (Å²) in [5.41, 5.74) is 2.31. The van der Waals surface area contributed by atoms with Gasteiger partial charge in [-0.2, -0.15) is 5.10 Å². The average Bonchev–Trinajstić information content (AvgIpc) is 2.92. The van der Waals surface area contributed by atoms with Crippen molar-refractivity contribution in [3.63, 3.8) is 0 Å². The van der Waals surface area contributed by atoms with Gasteiger partial charge in [0.15, 0.2) is 6.61 Å². The molecule has 0 bridgehead atoms. The van der Waals surface area contributed by atoms with Crippen molar-refractivity contribution in [3.05, 3.63) is 41.5 Å². The van der Waals surface area contributed by atoms with Gasteiger partial charge in [-0.25, -0.2) is 4.39 Å². The number of anilines is 1. The lowest BCUT2D eigenvalue weighted by atomic mass is 10.2. The smallest absolute Gasteiger partial charge is 0.265 e. The Labute approximate surface area is 150 Å². The number of ether oxygens (including phenoxy) is 1. The summed E-state index contributed by atoms with van der Waals surface area (Å²) >= 11 is 0. The molecule has 0 saturated heterocycles. The summed E-state index contributed by atoms with van der Waals surface area (Å²) in [5, 5.41) is 7.15. The molecule has 0 fully saturated rings. The zero-order chi connectivity index (χ0) is 18.7. The third kappa shape index (κ3) is 4.01. The van der Waals surface area contributed by atoms with Crippen LogP contribution in [0.15, 0.2) is 24.3 Å². The van der Waals surface area contributed by atoms with Crippen LogP contribution in [-0.4, -0.2) is 41.3 Å². The maximum absolute atomic E-state index is 13.5. The molecule has 0 aliphatic carbocycles. The highest BCUT2D eigenvalue weighted by molar-refractivity contribution is 6.02. The number of halogens is 1. The first-order valence-electron chi connectivity index (χ1n) is 8.44. The molecule has 7 nitrogen and oxygen atoms in total. The number of hydrogen-bond donors (Lipinski definition) is 1. The predicted molar refractivity (Wildman–Crippen MR) is 93.6 cm³/mol. The summed E-state index contributed by atoms with van der Waals surface area (Å²) in [7, 11) is 0. The Balaban J connectivity index is 1.53. The van der Waals surface area contributed by atoms with Gasteiger partial charge in [0.05, 0.1) is 11.4 Å². The van der Waals surface area contributed by atoms with Crippen LogP contribution in [0.5, 0.6) is 5.75 Å². The van der Waals surface area contributed by atoms with E-state index < -0.39 is 5.82 Å². The molecular formula is C18H21FN4O3. The van der Waals surface area contributed by atoms with Gasteiger partial charge in [-0.3, -0.25) is 19.2 Å². The second-order valence-electron chi connectivity index (χ2n) is 6.23. The van der Waals surface area contributed by atoms with Crippen molar-refractivity contribution >= 4 is 17.5 Å². The van der Waals surface area contributed by atoms with Crippen LogP contribution in [0, 0.1) is 19.7 Å². The molecular weight excluding hydrogens is 339 g/mol. The van der Waals surface area contributed by atoms with Crippen molar-refractivity contribution in [2.45, 2.75) is 26.8 Å². The van der Waals surface area contributed by atoms with Gasteiger partial charge in [0.25, 0.3) is 5.91 Å². The van der Waals surface area contributed by atoms with Crippen LogP contribution in [0.1, 0.15) is 17.8 Å². The Morgan fingerprint density at radius 1 is 1.35 bits per heavy atom. The number of hydrogen-bond acceptors (Lipinski definition) is 4. The van der Waals surface area contributed by atoms with E-state index in [0.717, 1.165) is 17.8 Å². The lowest BCUT2D eigenvalue weighted by Gasteiger charge is -2.28. The molecule has 0 atom stereocenters. The highest BCUT2D eigenvalue weighted by Gasteiger charge is 2.27. The number of carbonyl (C=O) groups excluding carboxylic acids is 2. The molecule has 0 unspecified atom stereocenters. The monoisotopic (exact) mass is 360 g/mol. The summed E-state index contributed by atoms with van der Waals surface area (Å²) in [6.45, 7) is 4.75. The molecule has 1 aliphatic heterocycles. The molecule has 0 saturated carbocycles. The minimum absolute atomic E-state index is 0.163. The summed E-state index contributed by atoms with van der Waals surface area (Å²) in [6.07, 6.45) is 0.718. The standard InChI is InChI=1S/C18H21FN4O3/c1-12-8-13(2)23(21-12)7-3-6-20-17(24)10-22-15-9-14(19)4-5-16(15)26-11-18(22)25/h4-5,8-9H,3,6-7,10-11H2,1-2H3,(H,20,24). The number of rotatable bonds is 6. The average molecular weight is 360 g/mol. The van der Waals surface area contributed by atoms with Crippen molar-refractivity contribution in [2.75, 3.05) is 24.6 Å². The molecule has 0 spiro atoms. The largest absolute Gasteiger partial charge is 0.482 e. The fourth-order valence-corrected chi connectivity index (χ4v) is 2.91. The molecule has 1 aromatic carbocycles. The maximum atomic E-state index is 13.5. The third-order valence-corrected chi connectivity index (χ3v) is 4.14. The molecule has 26 heavy (non-hydrogen) atoms. The van der Waals surface area contributed by atoms with Crippen molar-refractivity contribution in [3.8, 4) is 5.75 Å². The molecule has 2 amide bonds. The minimum atomic E-state index is -0.489. The lowest BCUT2D eigenvalue weighted by molar-refractivity contribution is -0.125. The Bertz CT molecular complexity index is 834. The molecule has 1 aliphatic rings. The Hall–Kier alpha value is -2.90. The van der Waals surface area contributed by atoms with Crippen LogP contribution in [0.25, 0.3) is 0 Å². The fraction of sp³-hybridized carbons (Fsp3) is 0.389.